The molecule has 0 bridgehead atoms. The standard InChI is InChI=1S/C77H120O6/c1-4-7-10-13-16-19-22-25-28-31-33-34-35-36-37-38-39-40-41-42-44-46-49-52-55-58-61-64-67-70-76(79)82-73-74(72-81-75(78)69-66-63-60-57-54-51-48-45-30-27-24-21-18-15-12-9-6-3)83-77(80)71-68-65-62-59-56-53-50-47-43-32-29-26-23-20-17-14-11-8-5-2/h7-12,16-21,25-30,33-34,36-37,39-40,42-44,47,53,56,74H,4-6,13-15,22-24,31-32,35,38,41,45-46,48-52,54-55,57-73H2,1-3H3/b10-7-,11-8-,12-9-,19-16-,20-17-,21-18-,28-25-,29-26-,30-27-,34-33-,37-36-,40-39-,44-42-,47-43-,56-53-. The van der Waals surface area contributed by atoms with E-state index in [9.17, 15) is 14.4 Å². The van der Waals surface area contributed by atoms with E-state index in [1.54, 1.807) is 0 Å². The number of rotatable bonds is 58. The summed E-state index contributed by atoms with van der Waals surface area (Å²) in [7, 11) is 0. The van der Waals surface area contributed by atoms with E-state index in [1.807, 2.05) is 0 Å². The third-order valence-electron chi connectivity index (χ3n) is 13.4. The number of carbonyl (C=O) groups is 3. The van der Waals surface area contributed by atoms with Crippen LogP contribution in [0.25, 0.3) is 0 Å². The molecule has 0 aromatic heterocycles. The predicted octanol–water partition coefficient (Wildman–Crippen LogP) is 23.2. The highest BCUT2D eigenvalue weighted by Gasteiger charge is 2.19. The van der Waals surface area contributed by atoms with Crippen molar-refractivity contribution in [2.75, 3.05) is 13.2 Å². The van der Waals surface area contributed by atoms with Gasteiger partial charge in [0.05, 0.1) is 0 Å². The molecule has 0 amide bonds. The number of allylic oxidation sites excluding steroid dienone is 30. The summed E-state index contributed by atoms with van der Waals surface area (Å²) >= 11 is 0. The molecule has 0 fully saturated rings. The number of ether oxygens (including phenoxy) is 3. The van der Waals surface area contributed by atoms with Crippen molar-refractivity contribution in [2.45, 2.75) is 271 Å². The smallest absolute Gasteiger partial charge is 0.306 e. The Hall–Kier alpha value is -5.49. The normalized spacial score (nSPS) is 13.3. The highest BCUT2D eigenvalue weighted by Crippen LogP contribution is 2.14. The SMILES string of the molecule is CC/C=C\C/C=C\C/C=C\C/C=C\C/C=C\C/C=C\C/C=C\CCCCCCCCCC(=O)OCC(COC(=O)CCCCCCCCC/C=C\C/C=C\C/C=C\CC)OC(=O)CCCCC/C=C\C/C=C\C/C=C\C/C=C\C/C=C\CC. The molecule has 464 valence electrons. The van der Waals surface area contributed by atoms with Crippen LogP contribution in [0.2, 0.25) is 0 Å². The van der Waals surface area contributed by atoms with E-state index in [-0.39, 0.29) is 37.5 Å². The minimum Gasteiger partial charge on any atom is -0.462 e. The maximum Gasteiger partial charge on any atom is 0.306 e. The van der Waals surface area contributed by atoms with Gasteiger partial charge in [0.15, 0.2) is 6.10 Å². The second-order valence-electron chi connectivity index (χ2n) is 21.2. The summed E-state index contributed by atoms with van der Waals surface area (Å²) in [6.07, 6.45) is 103. The van der Waals surface area contributed by atoms with E-state index in [0.717, 1.165) is 167 Å². The second-order valence-corrected chi connectivity index (χ2v) is 21.2. The molecular formula is C77H120O6. The molecule has 6 heteroatoms. The van der Waals surface area contributed by atoms with Gasteiger partial charge in [-0.15, -0.1) is 0 Å². The Morgan fingerprint density at radius 1 is 0.241 bits per heavy atom. The van der Waals surface area contributed by atoms with Gasteiger partial charge >= 0.3 is 17.9 Å². The molecule has 1 unspecified atom stereocenters. The molecule has 0 heterocycles. The Kier molecular flexibility index (Phi) is 64.4. The fraction of sp³-hybridized carbons (Fsp3) is 0.571. The minimum atomic E-state index is -0.817. The first-order chi connectivity index (χ1) is 41.0. The van der Waals surface area contributed by atoms with Crippen molar-refractivity contribution in [1.29, 1.82) is 0 Å². The quantitative estimate of drug-likeness (QED) is 0.0261. The van der Waals surface area contributed by atoms with Crippen molar-refractivity contribution in [1.82, 2.24) is 0 Å². The van der Waals surface area contributed by atoms with E-state index in [0.29, 0.717) is 19.3 Å². The lowest BCUT2D eigenvalue weighted by Crippen LogP contribution is -2.30. The summed E-state index contributed by atoms with van der Waals surface area (Å²) in [5, 5.41) is 0. The van der Waals surface area contributed by atoms with Gasteiger partial charge in [-0.05, 0) is 154 Å². The van der Waals surface area contributed by atoms with Gasteiger partial charge in [-0.25, -0.2) is 0 Å². The van der Waals surface area contributed by atoms with Crippen LogP contribution in [-0.4, -0.2) is 37.2 Å². The molecular weight excluding hydrogens is 1020 g/mol. The fourth-order valence-electron chi connectivity index (χ4n) is 8.52. The summed E-state index contributed by atoms with van der Waals surface area (Å²) in [6.45, 7) is 6.25. The van der Waals surface area contributed by atoms with Gasteiger partial charge < -0.3 is 14.2 Å². The second kappa shape index (κ2) is 69.0. The Balaban J connectivity index is 4.47. The molecule has 0 aliphatic carbocycles. The number of hydrogen-bond donors (Lipinski definition) is 0. The summed E-state index contributed by atoms with van der Waals surface area (Å²) in [4.78, 5) is 38.4. The third-order valence-corrected chi connectivity index (χ3v) is 13.4. The van der Waals surface area contributed by atoms with Crippen LogP contribution < -0.4 is 0 Å². The van der Waals surface area contributed by atoms with Crippen molar-refractivity contribution in [3.8, 4) is 0 Å². The predicted molar refractivity (Wildman–Crippen MR) is 361 cm³/mol. The van der Waals surface area contributed by atoms with Crippen LogP contribution >= 0.6 is 0 Å². The average molecular weight is 1140 g/mol. The van der Waals surface area contributed by atoms with E-state index in [4.69, 9.17) is 14.2 Å². The molecule has 0 spiro atoms. The van der Waals surface area contributed by atoms with Gasteiger partial charge in [0.2, 0.25) is 0 Å². The highest BCUT2D eigenvalue weighted by atomic mass is 16.6. The Morgan fingerprint density at radius 2 is 0.434 bits per heavy atom. The first kappa shape index (κ1) is 77.5. The molecule has 0 aromatic rings. The van der Waals surface area contributed by atoms with Crippen LogP contribution in [0.15, 0.2) is 182 Å². The van der Waals surface area contributed by atoms with Crippen molar-refractivity contribution in [2.24, 2.45) is 0 Å². The Labute approximate surface area is 510 Å². The van der Waals surface area contributed by atoms with Gasteiger partial charge in [-0.2, -0.15) is 0 Å². The molecule has 0 aliphatic heterocycles. The van der Waals surface area contributed by atoms with Gasteiger partial charge in [-0.1, -0.05) is 274 Å². The lowest BCUT2D eigenvalue weighted by molar-refractivity contribution is -0.167. The zero-order valence-electron chi connectivity index (χ0n) is 53.1. The first-order valence-electron chi connectivity index (χ1n) is 33.3. The Bertz CT molecular complexity index is 1940. The summed E-state index contributed by atoms with van der Waals surface area (Å²) in [5.74, 6) is -0.966. The van der Waals surface area contributed by atoms with Crippen molar-refractivity contribution in [3.63, 3.8) is 0 Å². The Morgan fingerprint density at radius 3 is 0.687 bits per heavy atom. The summed E-state index contributed by atoms with van der Waals surface area (Å²) in [5.41, 5.74) is 0. The molecule has 0 saturated heterocycles. The summed E-state index contributed by atoms with van der Waals surface area (Å²) < 4.78 is 16.9. The van der Waals surface area contributed by atoms with Crippen LogP contribution in [0.5, 0.6) is 0 Å². The van der Waals surface area contributed by atoms with Crippen LogP contribution in [0.1, 0.15) is 265 Å². The maximum atomic E-state index is 12.9. The van der Waals surface area contributed by atoms with Gasteiger partial charge in [0.25, 0.3) is 0 Å². The monoisotopic (exact) mass is 1140 g/mol. The molecule has 83 heavy (non-hydrogen) atoms. The lowest BCUT2D eigenvalue weighted by Gasteiger charge is -2.18. The summed E-state index contributed by atoms with van der Waals surface area (Å²) in [6, 6.07) is 0. The number of unbranched alkanes of at least 4 members (excludes halogenated alkanes) is 17. The van der Waals surface area contributed by atoms with E-state index < -0.39 is 6.10 Å². The van der Waals surface area contributed by atoms with E-state index in [1.165, 1.54) is 51.4 Å². The maximum absolute atomic E-state index is 12.9. The third kappa shape index (κ3) is 67.2. The van der Waals surface area contributed by atoms with Crippen molar-refractivity contribution < 1.29 is 28.6 Å². The first-order valence-corrected chi connectivity index (χ1v) is 33.3. The number of esters is 3. The zero-order valence-corrected chi connectivity index (χ0v) is 53.1. The molecule has 0 aliphatic rings. The van der Waals surface area contributed by atoms with Crippen molar-refractivity contribution in [3.05, 3.63) is 182 Å². The van der Waals surface area contributed by atoms with Crippen LogP contribution in [0, 0.1) is 0 Å². The topological polar surface area (TPSA) is 78.9 Å². The number of hydrogen-bond acceptors (Lipinski definition) is 6. The molecule has 6 nitrogen and oxygen atoms in total. The van der Waals surface area contributed by atoms with Crippen LogP contribution in [0.4, 0.5) is 0 Å². The molecule has 0 aromatic carbocycles. The zero-order chi connectivity index (χ0) is 59.9. The van der Waals surface area contributed by atoms with Crippen LogP contribution in [-0.2, 0) is 28.6 Å². The van der Waals surface area contributed by atoms with Gasteiger partial charge in [-0.3, -0.25) is 14.4 Å². The lowest BCUT2D eigenvalue weighted by atomic mass is 10.1. The fourth-order valence-corrected chi connectivity index (χ4v) is 8.52. The largest absolute Gasteiger partial charge is 0.462 e. The van der Waals surface area contributed by atoms with Crippen LogP contribution in [0.3, 0.4) is 0 Å². The number of carbonyl (C=O) groups excluding carboxylic acids is 3. The molecule has 0 radical (unpaired) electrons. The molecule has 0 saturated carbocycles. The molecule has 1 atom stereocenters. The van der Waals surface area contributed by atoms with Gasteiger partial charge in [0.1, 0.15) is 13.2 Å². The highest BCUT2D eigenvalue weighted by molar-refractivity contribution is 5.71. The minimum absolute atomic E-state index is 0.109. The van der Waals surface area contributed by atoms with E-state index in [2.05, 4.69) is 203 Å². The average Bonchev–Trinajstić information content (AvgIpc) is 3.49. The van der Waals surface area contributed by atoms with E-state index >= 15 is 0 Å². The van der Waals surface area contributed by atoms with Gasteiger partial charge in [0, 0.05) is 19.3 Å². The molecule has 0 rings (SSSR count). The van der Waals surface area contributed by atoms with Crippen molar-refractivity contribution >= 4 is 17.9 Å². The molecule has 0 N–H and O–H groups in total.